The van der Waals surface area contributed by atoms with Crippen molar-refractivity contribution in [2.24, 2.45) is 81.8 Å². The maximum Gasteiger partial charge on any atom is 0.173 e. The van der Waals surface area contributed by atoms with Gasteiger partial charge in [-0.05, 0) is 151 Å². The molecule has 3 aliphatic heterocycles. The van der Waals surface area contributed by atoms with Crippen molar-refractivity contribution in [3.05, 3.63) is 232 Å². The molecule has 19 atom stereocenters. The topological polar surface area (TPSA) is 302 Å². The number of ketones is 5. The molecule has 0 radical (unpaired) electrons. The monoisotopic (exact) mass is 1850 g/mol. The molecule has 12 aliphatic carbocycles. The van der Waals surface area contributed by atoms with Crippen molar-refractivity contribution in [1.29, 1.82) is 0 Å². The van der Waals surface area contributed by atoms with E-state index >= 15 is 0 Å². The molecule has 22 heteroatoms. The number of aromatic nitrogens is 9. The van der Waals surface area contributed by atoms with E-state index in [0.29, 0.717) is 110 Å². The second-order valence-corrected chi connectivity index (χ2v) is 44.3. The molecule has 5 N–H and O–H groups in total. The number of aliphatic hydroxyl groups is 1. The molecular formula is C115H139N9O13. The average Bonchev–Trinajstić information content (AvgIpc) is 1.65. The molecule has 137 heavy (non-hydrogen) atoms. The number of allylic oxidation sites excluding steroid dienone is 1. The van der Waals surface area contributed by atoms with Crippen LogP contribution < -0.4 is 0 Å². The van der Waals surface area contributed by atoms with Crippen LogP contribution in [0, 0.1) is 81.8 Å². The summed E-state index contributed by atoms with van der Waals surface area (Å²) in [4.78, 5) is 63.0. The molecule has 7 saturated carbocycles. The number of Topliss-reactive ketones (excluding diaryl/α,β-unsaturated/α-hetero) is 5. The molecule has 1 unspecified atom stereocenters. The second kappa shape index (κ2) is 37.1. The van der Waals surface area contributed by atoms with E-state index in [1.165, 1.54) is 74.4 Å². The first-order chi connectivity index (χ1) is 66.1. The summed E-state index contributed by atoms with van der Waals surface area (Å²) in [6, 6.07) is 50.9. The molecule has 722 valence electrons. The highest BCUT2D eigenvalue weighted by molar-refractivity contribution is 6.12. The van der Waals surface area contributed by atoms with Crippen LogP contribution in [0.25, 0.3) is 45.0 Å². The lowest BCUT2D eigenvalue weighted by molar-refractivity contribution is -0.243. The zero-order chi connectivity index (χ0) is 95.4. The maximum atomic E-state index is 13.3. The van der Waals surface area contributed by atoms with E-state index in [-0.39, 0.29) is 85.6 Å². The van der Waals surface area contributed by atoms with Crippen LogP contribution in [0.3, 0.4) is 0 Å². The predicted molar refractivity (Wildman–Crippen MR) is 524 cm³/mol. The molecule has 10 fully saturated rings. The van der Waals surface area contributed by atoms with Crippen molar-refractivity contribution >= 4 is 28.9 Å². The lowest BCUT2D eigenvalue weighted by Crippen LogP contribution is -2.58. The number of fused-ring (bicyclic) bond motifs is 15. The number of hydrogen-bond acceptors (Lipinski definition) is 18. The first kappa shape index (κ1) is 94.4. The Bertz CT molecular complexity index is 6100. The van der Waals surface area contributed by atoms with Crippen LogP contribution in [0.2, 0.25) is 0 Å². The number of nitrogens with zero attached hydrogens (tertiary/aromatic N) is 5. The first-order valence-corrected chi connectivity index (χ1v) is 51.4. The van der Waals surface area contributed by atoms with Crippen molar-refractivity contribution in [2.75, 3.05) is 39.6 Å². The Labute approximate surface area is 806 Å². The molecule has 5 aromatic heterocycles. The molecule has 0 bridgehead atoms. The third-order valence-corrected chi connectivity index (χ3v) is 37.7. The predicted octanol–water partition coefficient (Wildman–Crippen LogP) is 22.3. The van der Waals surface area contributed by atoms with Crippen LogP contribution in [-0.2, 0) is 101 Å². The Kier molecular flexibility index (Phi) is 25.6. The number of hydrogen-bond donors (Lipinski definition) is 5. The van der Waals surface area contributed by atoms with Gasteiger partial charge in [0.25, 0.3) is 0 Å². The fraction of sp³-hybridized carbons (Fsp3) is 0.548. The number of benzene rings is 5. The van der Waals surface area contributed by atoms with E-state index in [2.05, 4.69) is 209 Å². The summed E-state index contributed by atoms with van der Waals surface area (Å²) < 4.78 is 41.5. The zero-order valence-electron chi connectivity index (χ0n) is 82.2. The van der Waals surface area contributed by atoms with E-state index < -0.39 is 17.1 Å². The van der Waals surface area contributed by atoms with Crippen LogP contribution in [0.15, 0.2) is 174 Å². The van der Waals surface area contributed by atoms with Gasteiger partial charge >= 0.3 is 0 Å². The largest absolute Gasteiger partial charge is 0.515 e. The van der Waals surface area contributed by atoms with Crippen molar-refractivity contribution < 1.29 is 62.0 Å². The standard InChI is InChI=1S/C21H26N2O2.C21H26O4.C20H21N3O.C20H22N2O2.C19H22N2O.C14H22O3/c1-14-17-9-8-16-18(15-6-4-3-5-7-15)22-23-19(16)20(17,2)10-11-21(14)24-12-13-25-21;1-14-17-9-8-16(18(22)15-6-4-3-5-7-15)19(23)20(17,2)10-11-21(14)24-12-13-25-21;1-12-16-9-8-15-17(13-6-4-3-5-7-13)22-23-19(15)20(16,2)10-14-11-21-24-18(12)14;1-12-16-9-8-15-17(13-6-4-3-5-7-13)21-22-19(15)20(16,2)10-14(11-23)18(12)24;1-12-15-9-8-14-17(13-6-4-3-5-7-13)20-21-18(14)19(15,2)11-10-16(12)22;1-10-11-4-3-5-12(15)13(11,2)6-7-14(10)16-8-9-17-14/h3-7,14,17H,8-13H2,1-2H3,(H,22,23);3-7,14,16-17H,8-13H2,1-2H3;3-7,11-12,16H,8-10H2,1-2H3,(H,22,23);3-7,11-12,16,23H,8-10H2,1-2H3,(H,21,22);3-7,12,15H,8-11H2,1-2H3,(H,20,21);10-11H,3-9H2,1-2H3/b;;;14-11-;;/t14-,17-,20-;14-,16?,17-,20-;2*12-,16-,20-;12-,15-,19-;10-,11-,13-/m000000/s1. The summed E-state index contributed by atoms with van der Waals surface area (Å²) in [5.74, 6) is 4.39. The molecule has 5 aromatic carbocycles. The number of nitrogens with one attached hydrogen (secondary N) is 4. The molecule has 15 aliphatic rings. The highest BCUT2D eigenvalue weighted by Crippen LogP contribution is 2.63. The van der Waals surface area contributed by atoms with Gasteiger partial charge in [-0.3, -0.25) is 44.4 Å². The van der Waals surface area contributed by atoms with Gasteiger partial charge < -0.3 is 38.1 Å². The summed E-state index contributed by atoms with van der Waals surface area (Å²) in [6.45, 7) is 30.8. The van der Waals surface area contributed by atoms with Gasteiger partial charge in [-0.2, -0.15) is 20.4 Å². The van der Waals surface area contributed by atoms with Crippen LogP contribution in [0.4, 0.5) is 0 Å². The third kappa shape index (κ3) is 16.0. The van der Waals surface area contributed by atoms with Crippen LogP contribution in [0.1, 0.15) is 271 Å². The Balaban J connectivity index is 0.000000102. The number of ether oxygens (including phenoxy) is 6. The van der Waals surface area contributed by atoms with E-state index in [9.17, 15) is 29.1 Å². The number of H-pyrrole nitrogens is 4. The van der Waals surface area contributed by atoms with E-state index in [1.807, 2.05) is 67.7 Å². The summed E-state index contributed by atoms with van der Waals surface area (Å²) >= 11 is 0. The van der Waals surface area contributed by atoms with Crippen molar-refractivity contribution in [3.8, 4) is 45.0 Å². The molecule has 3 spiro atoms. The zero-order valence-corrected chi connectivity index (χ0v) is 82.2. The molecule has 22 nitrogen and oxygen atoms in total. The Morgan fingerprint density at radius 1 is 0.380 bits per heavy atom. The first-order valence-electron chi connectivity index (χ1n) is 51.4. The van der Waals surface area contributed by atoms with Gasteiger partial charge in [-0.15, -0.1) is 0 Å². The average molecular weight is 1860 g/mol. The van der Waals surface area contributed by atoms with Crippen molar-refractivity contribution in [2.45, 2.75) is 276 Å². The van der Waals surface area contributed by atoms with Gasteiger partial charge in [0.1, 0.15) is 23.1 Å². The van der Waals surface area contributed by atoms with Crippen molar-refractivity contribution in [3.63, 3.8) is 0 Å². The summed E-state index contributed by atoms with van der Waals surface area (Å²) in [7, 11) is 0. The fourth-order valence-corrected chi connectivity index (χ4v) is 29.9. The number of carbonyl (C=O) groups is 5. The third-order valence-electron chi connectivity index (χ3n) is 37.7. The minimum atomic E-state index is -0.513. The van der Waals surface area contributed by atoms with E-state index in [1.54, 1.807) is 0 Å². The fourth-order valence-electron chi connectivity index (χ4n) is 29.9. The molecule has 3 saturated heterocycles. The highest BCUT2D eigenvalue weighted by atomic mass is 16.7. The smallest absolute Gasteiger partial charge is 0.173 e. The Hall–Kier alpha value is -10.2. The van der Waals surface area contributed by atoms with Gasteiger partial charge in [0.2, 0.25) is 0 Å². The lowest BCUT2D eigenvalue weighted by atomic mass is 9.52. The van der Waals surface area contributed by atoms with Gasteiger partial charge in [-0.25, -0.2) is 0 Å². The van der Waals surface area contributed by atoms with Crippen molar-refractivity contribution in [1.82, 2.24) is 45.9 Å². The van der Waals surface area contributed by atoms with E-state index in [0.717, 1.165) is 175 Å². The molecular weight excluding hydrogens is 1720 g/mol. The second-order valence-electron chi connectivity index (χ2n) is 44.3. The van der Waals surface area contributed by atoms with Gasteiger partial charge in [0.05, 0.1) is 80.8 Å². The quantitative estimate of drug-likeness (QED) is 0.0447. The lowest BCUT2D eigenvalue weighted by Gasteiger charge is -2.54. The summed E-state index contributed by atoms with van der Waals surface area (Å²) in [5, 5.41) is 45.7. The number of aliphatic hydroxyl groups excluding tert-OH is 1. The van der Waals surface area contributed by atoms with Gasteiger partial charge in [0.15, 0.2) is 28.9 Å². The SMILES string of the molecule is C[C@@H]1C(=O)/C(=C\O)C[C@]2(C)c3[nH]nc(-c4ccccc4)c3CC[C@@H]12.C[C@@H]1C(=O)CC[C@]2(C)c3[nH]nc(-c4ccccc4)c3CC[C@@H]12.C[C@@H]1c2oncc2C[C@]2(C)c3[nH]nc(-c4ccccc4)c3CC[C@@H]12.C[C@H]1[C@@H]2CCC(C(=O)c3ccccc3)C(=O)[C@@]2(C)CCC12OCCO2.C[C@H]1[C@@H]2CCCC(=O)[C@@]2(C)CCC12OCCO2.C[C@H]1[C@@H]2CCc3c(-c4ccccc4)n[nH]c3[C@@]2(C)CCC12OCCO2. The highest BCUT2D eigenvalue weighted by Gasteiger charge is 2.64. The Morgan fingerprint density at radius 2 is 0.745 bits per heavy atom. The van der Waals surface area contributed by atoms with Crippen LogP contribution >= 0.6 is 0 Å². The number of rotatable bonds is 6. The number of aromatic amines is 4. The van der Waals surface area contributed by atoms with E-state index in [4.69, 9.17) is 43.1 Å². The normalized spacial score (nSPS) is 33.7. The summed E-state index contributed by atoms with van der Waals surface area (Å²) in [5.41, 5.74) is 21.6. The summed E-state index contributed by atoms with van der Waals surface area (Å²) in [6.07, 6.45) is 24.5. The van der Waals surface area contributed by atoms with Gasteiger partial charge in [-0.1, -0.05) is 240 Å². The molecule has 0 amide bonds. The van der Waals surface area contributed by atoms with Crippen LogP contribution in [-0.4, -0.2) is 137 Å². The van der Waals surface area contributed by atoms with Gasteiger partial charge in [0, 0.05) is 184 Å². The molecule has 8 heterocycles. The minimum Gasteiger partial charge on any atom is -0.515 e. The number of carbonyl (C=O) groups excluding carboxylic acids is 5. The minimum absolute atomic E-state index is 0.0217. The molecule has 10 aromatic rings. The van der Waals surface area contributed by atoms with Crippen LogP contribution in [0.5, 0.6) is 0 Å². The Morgan fingerprint density at radius 3 is 1.18 bits per heavy atom. The maximum absolute atomic E-state index is 13.3. The molecule has 25 rings (SSSR count).